The van der Waals surface area contributed by atoms with Crippen molar-refractivity contribution < 1.29 is 14.3 Å². The van der Waals surface area contributed by atoms with Crippen molar-refractivity contribution in [1.82, 2.24) is 14.3 Å². The Hall–Kier alpha value is -2.44. The summed E-state index contributed by atoms with van der Waals surface area (Å²) in [5.74, 6) is -0.718. The van der Waals surface area contributed by atoms with Crippen molar-refractivity contribution in [1.29, 1.82) is 0 Å². The zero-order chi connectivity index (χ0) is 20.9. The maximum atomic E-state index is 14.2. The molecule has 1 saturated heterocycles. The van der Waals surface area contributed by atoms with Crippen LogP contribution in [0.25, 0.3) is 5.52 Å². The summed E-state index contributed by atoms with van der Waals surface area (Å²) in [5.41, 5.74) is 0.0625. The number of hydrogen-bond donors (Lipinski definition) is 1. The van der Waals surface area contributed by atoms with E-state index in [2.05, 4.69) is 4.98 Å². The van der Waals surface area contributed by atoms with Gasteiger partial charge in [0.2, 0.25) is 5.82 Å². The van der Waals surface area contributed by atoms with Crippen molar-refractivity contribution in [3.8, 4) is 0 Å². The Kier molecular flexibility index (Phi) is 4.79. The average molecular weight is 428 g/mol. The quantitative estimate of drug-likeness (QED) is 0.658. The highest BCUT2D eigenvalue weighted by atomic mass is 35.5. The number of aliphatic hydroxyl groups is 1. The van der Waals surface area contributed by atoms with Crippen LogP contribution in [0.15, 0.2) is 48.7 Å². The van der Waals surface area contributed by atoms with E-state index < -0.39 is 11.4 Å². The van der Waals surface area contributed by atoms with E-state index in [0.29, 0.717) is 13.0 Å². The molecule has 3 heterocycles. The molecule has 0 radical (unpaired) electrons. The monoisotopic (exact) mass is 427 g/mol. The van der Waals surface area contributed by atoms with E-state index in [-0.39, 0.29) is 34.4 Å². The molecule has 7 heteroatoms. The zero-order valence-corrected chi connectivity index (χ0v) is 17.2. The topological polar surface area (TPSA) is 57.8 Å². The third-order valence-corrected chi connectivity index (χ3v) is 7.04. The van der Waals surface area contributed by atoms with E-state index in [0.717, 1.165) is 31.2 Å². The summed E-state index contributed by atoms with van der Waals surface area (Å²) < 4.78 is 15.6. The van der Waals surface area contributed by atoms with Crippen LogP contribution in [-0.4, -0.2) is 37.9 Å². The number of carbonyl (C=O) groups is 1. The number of piperidine rings is 1. The molecule has 3 atom stereocenters. The molecule has 2 fully saturated rings. The lowest BCUT2D eigenvalue weighted by molar-refractivity contribution is -0.110. The maximum absolute atomic E-state index is 14.2. The molecule has 156 valence electrons. The molecule has 1 N–H and O–H groups in total. The van der Waals surface area contributed by atoms with Crippen LogP contribution in [0.3, 0.4) is 0 Å². The molecule has 2 aromatic heterocycles. The molecule has 30 heavy (non-hydrogen) atoms. The number of amides is 1. The lowest BCUT2D eigenvalue weighted by Crippen LogP contribution is -2.59. The van der Waals surface area contributed by atoms with Gasteiger partial charge in [0.25, 0.3) is 5.91 Å². The van der Waals surface area contributed by atoms with Gasteiger partial charge in [0, 0.05) is 24.7 Å². The fraction of sp³-hybridized carbons (Fsp3) is 0.391. The van der Waals surface area contributed by atoms with E-state index >= 15 is 0 Å². The Labute approximate surface area is 179 Å². The Balaban J connectivity index is 1.52. The fourth-order valence-corrected chi connectivity index (χ4v) is 5.62. The summed E-state index contributed by atoms with van der Waals surface area (Å²) in [6, 6.07) is 12.5. The number of halogens is 2. The van der Waals surface area contributed by atoms with Crippen molar-refractivity contribution >= 4 is 23.0 Å². The van der Waals surface area contributed by atoms with Gasteiger partial charge in [-0.2, -0.15) is 0 Å². The number of nitrogens with zero attached hydrogens (tertiary/aromatic N) is 3. The highest BCUT2D eigenvalue weighted by molar-refractivity contribution is 6.33. The van der Waals surface area contributed by atoms with Gasteiger partial charge in [-0.25, -0.2) is 9.37 Å². The molecule has 0 spiro atoms. The van der Waals surface area contributed by atoms with Crippen LogP contribution >= 0.6 is 11.6 Å². The molecule has 1 aliphatic heterocycles. The maximum Gasteiger partial charge on any atom is 0.290 e. The Morgan fingerprint density at radius 1 is 1.17 bits per heavy atom. The first-order valence-electron chi connectivity index (χ1n) is 10.4. The van der Waals surface area contributed by atoms with Gasteiger partial charge in [0.15, 0.2) is 5.15 Å². The van der Waals surface area contributed by atoms with Gasteiger partial charge in [-0.05, 0) is 37.0 Å². The number of imidazole rings is 1. The molecule has 5 nitrogen and oxygen atoms in total. The molecule has 1 saturated carbocycles. The highest BCUT2D eigenvalue weighted by Gasteiger charge is 2.50. The normalized spacial score (nSPS) is 26.6. The smallest absolute Gasteiger partial charge is 0.290 e. The van der Waals surface area contributed by atoms with Crippen molar-refractivity contribution in [3.63, 3.8) is 0 Å². The lowest BCUT2D eigenvalue weighted by atomic mass is 9.66. The summed E-state index contributed by atoms with van der Waals surface area (Å²) in [4.78, 5) is 19.5. The third-order valence-electron chi connectivity index (χ3n) is 6.78. The Bertz CT molecular complexity index is 1100. The second-order valence-corrected chi connectivity index (χ2v) is 8.66. The van der Waals surface area contributed by atoms with Crippen LogP contribution in [0.4, 0.5) is 4.39 Å². The molecule has 3 aromatic rings. The molecule has 1 aromatic carbocycles. The number of fused-ring (bicyclic) bond motifs is 2. The summed E-state index contributed by atoms with van der Waals surface area (Å²) in [6.45, 7) is 0.410. The predicted octanol–water partition coefficient (Wildman–Crippen LogP) is 4.42. The molecule has 1 amide bonds. The Morgan fingerprint density at radius 3 is 2.73 bits per heavy atom. The molecular formula is C23H23ClFN3O2. The number of pyridine rings is 1. The van der Waals surface area contributed by atoms with Gasteiger partial charge < -0.3 is 10.0 Å². The number of aromatic nitrogens is 2. The third kappa shape index (κ3) is 2.93. The van der Waals surface area contributed by atoms with E-state index in [4.69, 9.17) is 11.6 Å². The molecule has 2 aliphatic rings. The Morgan fingerprint density at radius 2 is 1.93 bits per heavy atom. The summed E-state index contributed by atoms with van der Waals surface area (Å²) >= 11 is 6.15. The molecule has 3 unspecified atom stereocenters. The zero-order valence-electron chi connectivity index (χ0n) is 16.5. The molecule has 1 aliphatic carbocycles. The van der Waals surface area contributed by atoms with Gasteiger partial charge in [-0.15, -0.1) is 0 Å². The van der Waals surface area contributed by atoms with Gasteiger partial charge in [-0.3, -0.25) is 9.20 Å². The minimum Gasteiger partial charge on any atom is -0.385 e. The average Bonchev–Trinajstić information content (AvgIpc) is 3.12. The van der Waals surface area contributed by atoms with E-state index in [1.54, 1.807) is 6.20 Å². The number of benzene rings is 1. The molecule has 0 bridgehead atoms. The minimum absolute atomic E-state index is 0.0190. The van der Waals surface area contributed by atoms with E-state index in [1.807, 2.05) is 35.2 Å². The van der Waals surface area contributed by atoms with Crippen LogP contribution in [-0.2, 0) is 5.60 Å². The summed E-state index contributed by atoms with van der Waals surface area (Å²) in [5, 5.41) is 11.7. The summed E-state index contributed by atoms with van der Waals surface area (Å²) in [6.07, 6.45) is 5.78. The van der Waals surface area contributed by atoms with Crippen LogP contribution < -0.4 is 0 Å². The first-order valence-corrected chi connectivity index (χ1v) is 10.8. The van der Waals surface area contributed by atoms with Crippen molar-refractivity contribution in [3.05, 3.63) is 71.0 Å². The first-order chi connectivity index (χ1) is 14.5. The molecule has 5 rings (SSSR count). The van der Waals surface area contributed by atoms with Crippen LogP contribution in [0.5, 0.6) is 0 Å². The standard InChI is InChI=1S/C23H23ClFN3O2/c24-20-19-17(25)10-6-13-28(19)21(26-20)22(29)27-14-12-23(30,15-7-2-1-3-8-15)16-9-4-5-11-18(16)27/h1-3,6-8,10,13,16,18,30H,4-5,9,11-12,14H2. The van der Waals surface area contributed by atoms with Crippen LogP contribution in [0, 0.1) is 11.7 Å². The fourth-order valence-electron chi connectivity index (χ4n) is 5.36. The largest absolute Gasteiger partial charge is 0.385 e. The minimum atomic E-state index is -0.957. The first kappa shape index (κ1) is 19.5. The van der Waals surface area contributed by atoms with Gasteiger partial charge >= 0.3 is 0 Å². The van der Waals surface area contributed by atoms with Crippen molar-refractivity contribution in [2.24, 2.45) is 5.92 Å². The van der Waals surface area contributed by atoms with Gasteiger partial charge in [-0.1, -0.05) is 54.8 Å². The number of rotatable bonds is 2. The van der Waals surface area contributed by atoms with E-state index in [1.165, 1.54) is 16.5 Å². The number of likely N-dealkylation sites (tertiary alicyclic amines) is 1. The van der Waals surface area contributed by atoms with Crippen LogP contribution in [0.1, 0.15) is 48.3 Å². The second-order valence-electron chi connectivity index (χ2n) is 8.30. The second kappa shape index (κ2) is 7.36. The van der Waals surface area contributed by atoms with Crippen LogP contribution in [0.2, 0.25) is 5.15 Å². The summed E-state index contributed by atoms with van der Waals surface area (Å²) in [7, 11) is 0. The van der Waals surface area contributed by atoms with E-state index in [9.17, 15) is 14.3 Å². The number of carbonyl (C=O) groups excluding carboxylic acids is 1. The SMILES string of the molecule is O=C(c1nc(Cl)c2c(F)cccn12)N1CCC(O)(c2ccccc2)C2CCCCC21. The van der Waals surface area contributed by atoms with Gasteiger partial charge in [0.1, 0.15) is 11.3 Å². The van der Waals surface area contributed by atoms with Crippen molar-refractivity contribution in [2.75, 3.05) is 6.54 Å². The van der Waals surface area contributed by atoms with Crippen molar-refractivity contribution in [2.45, 2.75) is 43.7 Å². The highest BCUT2D eigenvalue weighted by Crippen LogP contribution is 2.47. The molecular weight excluding hydrogens is 405 g/mol. The predicted molar refractivity (Wildman–Crippen MR) is 112 cm³/mol. The number of hydrogen-bond acceptors (Lipinski definition) is 3. The van der Waals surface area contributed by atoms with Gasteiger partial charge in [0.05, 0.1) is 5.60 Å². The lowest BCUT2D eigenvalue weighted by Gasteiger charge is -2.52.